The smallest absolute Gasteiger partial charge is 0.355 e. The summed E-state index contributed by atoms with van der Waals surface area (Å²) < 4.78 is 34.9. The van der Waals surface area contributed by atoms with Crippen molar-refractivity contribution < 1.29 is 18.0 Å². The molecule has 0 aromatic rings. The van der Waals surface area contributed by atoms with Crippen molar-refractivity contribution in [3.05, 3.63) is 0 Å². The fourth-order valence-electron chi connectivity index (χ4n) is 0.433. The highest BCUT2D eigenvalue weighted by atomic mass is 19.4. The van der Waals surface area contributed by atoms with E-state index in [1.807, 2.05) is 5.32 Å². The van der Waals surface area contributed by atoms with Gasteiger partial charge in [-0.15, -0.1) is 0 Å². The monoisotopic (exact) mass is 170 g/mol. The summed E-state index contributed by atoms with van der Waals surface area (Å²) in [6.07, 6.45) is -4.65. The van der Waals surface area contributed by atoms with Crippen LogP contribution in [0.25, 0.3) is 0 Å². The average molecular weight is 170 g/mol. The minimum Gasteiger partial charge on any atom is -0.355 e. The molecule has 0 aliphatic rings. The topological polar surface area (TPSA) is 55.1 Å². The van der Waals surface area contributed by atoms with Crippen molar-refractivity contribution >= 4 is 5.91 Å². The maximum absolute atomic E-state index is 11.6. The van der Waals surface area contributed by atoms with E-state index in [1.54, 1.807) is 0 Å². The molecule has 0 aliphatic heterocycles. The number of amides is 1. The molecule has 66 valence electrons. The van der Waals surface area contributed by atoms with Gasteiger partial charge in [0.1, 0.15) is 0 Å². The van der Waals surface area contributed by atoms with Gasteiger partial charge >= 0.3 is 6.18 Å². The summed E-state index contributed by atoms with van der Waals surface area (Å²) in [5, 5.41) is 1.97. The van der Waals surface area contributed by atoms with Gasteiger partial charge in [0, 0.05) is 6.54 Å². The maximum Gasteiger partial charge on any atom is 0.412 e. The molecule has 1 atom stereocenters. The van der Waals surface area contributed by atoms with Crippen LogP contribution in [0.3, 0.4) is 0 Å². The van der Waals surface area contributed by atoms with Gasteiger partial charge in [-0.05, 0) is 6.92 Å². The molecule has 0 aromatic carbocycles. The molecule has 0 aromatic heterocycles. The van der Waals surface area contributed by atoms with E-state index in [9.17, 15) is 18.0 Å². The Hall–Kier alpha value is -0.780. The Morgan fingerprint density at radius 2 is 2.09 bits per heavy atom. The Kier molecular flexibility index (Phi) is 3.31. The molecule has 6 heteroatoms. The fourth-order valence-corrected chi connectivity index (χ4v) is 0.433. The lowest BCUT2D eigenvalue weighted by Crippen LogP contribution is -2.50. The summed E-state index contributed by atoms with van der Waals surface area (Å²) in [4.78, 5) is 10.4. The number of carbonyl (C=O) groups excluding carboxylic acids is 1. The quantitative estimate of drug-likeness (QED) is 0.613. The second-order valence-corrected chi connectivity index (χ2v) is 1.91. The van der Waals surface area contributed by atoms with Gasteiger partial charge < -0.3 is 11.1 Å². The molecule has 3 nitrogen and oxygen atoms in total. The van der Waals surface area contributed by atoms with Crippen molar-refractivity contribution in [2.24, 2.45) is 5.73 Å². The highest BCUT2D eigenvalue weighted by Gasteiger charge is 2.41. The molecule has 0 radical (unpaired) electrons. The van der Waals surface area contributed by atoms with Crippen LogP contribution in [0, 0.1) is 0 Å². The number of likely N-dealkylation sites (N-methyl/N-ethyl adjacent to an activating group) is 1. The second-order valence-electron chi connectivity index (χ2n) is 1.91. The number of hydrogen-bond acceptors (Lipinski definition) is 2. The first-order valence-electron chi connectivity index (χ1n) is 2.99. The van der Waals surface area contributed by atoms with Gasteiger partial charge in [-0.3, -0.25) is 4.79 Å². The zero-order valence-corrected chi connectivity index (χ0v) is 5.90. The standard InChI is InChI=1S/C5H9F3N2O/c1-2-10-4(11)3(9)5(6,7)8/h3H,2,9H2,1H3,(H,10,11)/t3-/m1/s1. The van der Waals surface area contributed by atoms with Crippen LogP contribution < -0.4 is 11.1 Å². The number of rotatable bonds is 2. The molecule has 1 amide bonds. The van der Waals surface area contributed by atoms with Crippen LogP contribution in [-0.2, 0) is 4.79 Å². The van der Waals surface area contributed by atoms with Gasteiger partial charge in [-0.2, -0.15) is 13.2 Å². The van der Waals surface area contributed by atoms with Crippen LogP contribution in [0.1, 0.15) is 6.92 Å². The summed E-state index contributed by atoms with van der Waals surface area (Å²) in [5.74, 6) is -1.19. The van der Waals surface area contributed by atoms with Gasteiger partial charge in [-0.1, -0.05) is 0 Å². The Morgan fingerprint density at radius 3 is 2.36 bits per heavy atom. The summed E-state index contributed by atoms with van der Waals surface area (Å²) in [6.45, 7) is 1.66. The lowest BCUT2D eigenvalue weighted by molar-refractivity contribution is -0.162. The number of nitrogens with one attached hydrogen (secondary N) is 1. The molecule has 0 fully saturated rings. The Balaban J connectivity index is 4.03. The molecule has 11 heavy (non-hydrogen) atoms. The minimum absolute atomic E-state index is 0.141. The third-order valence-corrected chi connectivity index (χ3v) is 0.986. The first kappa shape index (κ1) is 10.2. The van der Waals surface area contributed by atoms with E-state index in [2.05, 4.69) is 5.73 Å². The SMILES string of the molecule is CCNC(=O)[C@@H](N)C(F)(F)F. The van der Waals surface area contributed by atoms with Crippen LogP contribution in [0.5, 0.6) is 0 Å². The molecule has 0 unspecified atom stereocenters. The van der Waals surface area contributed by atoms with Crippen molar-refractivity contribution in [1.29, 1.82) is 0 Å². The zero-order chi connectivity index (χ0) is 9.07. The van der Waals surface area contributed by atoms with Gasteiger partial charge in [-0.25, -0.2) is 0 Å². The van der Waals surface area contributed by atoms with E-state index in [0.717, 1.165) is 0 Å². The molecule has 3 N–H and O–H groups in total. The van der Waals surface area contributed by atoms with E-state index in [1.165, 1.54) is 6.92 Å². The first-order chi connectivity index (χ1) is 4.89. The predicted molar refractivity (Wildman–Crippen MR) is 32.7 cm³/mol. The molecule has 0 saturated carbocycles. The molecule has 0 bridgehead atoms. The van der Waals surface area contributed by atoms with Crippen LogP contribution in [0.2, 0.25) is 0 Å². The van der Waals surface area contributed by atoms with Crippen molar-refractivity contribution in [2.45, 2.75) is 19.1 Å². The maximum atomic E-state index is 11.6. The minimum atomic E-state index is -4.65. The first-order valence-corrected chi connectivity index (χ1v) is 2.99. The van der Waals surface area contributed by atoms with E-state index >= 15 is 0 Å². The van der Waals surface area contributed by atoms with E-state index in [4.69, 9.17) is 0 Å². The lowest BCUT2D eigenvalue weighted by atomic mass is 10.3. The Labute approximate surface area is 61.7 Å². The molecular weight excluding hydrogens is 161 g/mol. The van der Waals surface area contributed by atoms with Crippen molar-refractivity contribution in [2.75, 3.05) is 6.54 Å². The molecule has 0 aliphatic carbocycles. The second kappa shape index (κ2) is 3.56. The molecule has 0 heterocycles. The van der Waals surface area contributed by atoms with E-state index in [0.29, 0.717) is 0 Å². The van der Waals surface area contributed by atoms with Gasteiger partial charge in [0.15, 0.2) is 6.04 Å². The molecule has 0 saturated heterocycles. The summed E-state index contributed by atoms with van der Waals surface area (Å²) in [6, 6.07) is -2.41. The van der Waals surface area contributed by atoms with Gasteiger partial charge in [0.05, 0.1) is 0 Å². The van der Waals surface area contributed by atoms with Crippen molar-refractivity contribution in [1.82, 2.24) is 5.32 Å². The fraction of sp³-hybridized carbons (Fsp3) is 0.800. The molecular formula is C5H9F3N2O. The third kappa shape index (κ3) is 3.22. The van der Waals surface area contributed by atoms with Gasteiger partial charge in [0.25, 0.3) is 0 Å². The van der Waals surface area contributed by atoms with Crippen molar-refractivity contribution in [3.8, 4) is 0 Å². The largest absolute Gasteiger partial charge is 0.412 e. The summed E-state index contributed by atoms with van der Waals surface area (Å²) in [7, 11) is 0. The number of alkyl halides is 3. The van der Waals surface area contributed by atoms with Gasteiger partial charge in [0.2, 0.25) is 5.91 Å². The van der Waals surface area contributed by atoms with E-state index < -0.39 is 18.1 Å². The van der Waals surface area contributed by atoms with Crippen LogP contribution in [-0.4, -0.2) is 24.7 Å². The van der Waals surface area contributed by atoms with Crippen LogP contribution >= 0.6 is 0 Å². The van der Waals surface area contributed by atoms with E-state index in [-0.39, 0.29) is 6.54 Å². The highest BCUT2D eigenvalue weighted by Crippen LogP contribution is 2.17. The summed E-state index contributed by atoms with van der Waals surface area (Å²) >= 11 is 0. The number of nitrogens with two attached hydrogens (primary N) is 1. The lowest BCUT2D eigenvalue weighted by Gasteiger charge is -2.13. The highest BCUT2D eigenvalue weighted by molar-refractivity contribution is 5.82. The summed E-state index contributed by atoms with van der Waals surface area (Å²) in [5.41, 5.74) is 4.54. The molecule has 0 spiro atoms. The predicted octanol–water partition coefficient (Wildman–Crippen LogP) is 0.0121. The number of hydrogen-bond donors (Lipinski definition) is 2. The Bertz CT molecular complexity index is 145. The molecule has 0 rings (SSSR count). The number of carbonyl (C=O) groups is 1. The van der Waals surface area contributed by atoms with Crippen LogP contribution in [0.15, 0.2) is 0 Å². The van der Waals surface area contributed by atoms with Crippen LogP contribution in [0.4, 0.5) is 13.2 Å². The van der Waals surface area contributed by atoms with Crippen molar-refractivity contribution in [3.63, 3.8) is 0 Å². The number of halogens is 3. The average Bonchev–Trinajstić information content (AvgIpc) is 1.85. The normalized spacial score (nSPS) is 14.3. The Morgan fingerprint density at radius 1 is 1.64 bits per heavy atom. The zero-order valence-electron chi connectivity index (χ0n) is 5.90. The third-order valence-electron chi connectivity index (χ3n) is 0.986.